The summed E-state index contributed by atoms with van der Waals surface area (Å²) in [4.78, 5) is 17.5. The number of nitrogens with zero attached hydrogens (tertiary/aromatic N) is 3. The first-order valence-corrected chi connectivity index (χ1v) is 9.08. The van der Waals surface area contributed by atoms with Crippen molar-refractivity contribution in [2.24, 2.45) is 5.10 Å². The van der Waals surface area contributed by atoms with Crippen LogP contribution < -0.4 is 15.7 Å². The molecule has 1 N–H and O–H groups in total. The van der Waals surface area contributed by atoms with E-state index in [1.165, 1.54) is 0 Å². The first-order chi connectivity index (χ1) is 13.7. The number of nitrogens with one attached hydrogen (secondary N) is 1. The minimum absolute atomic E-state index is 0.102. The van der Waals surface area contributed by atoms with E-state index < -0.39 is 0 Å². The Labute approximate surface area is 163 Å². The van der Waals surface area contributed by atoms with Crippen LogP contribution in [0.15, 0.2) is 58.4 Å². The second-order valence-electron chi connectivity index (χ2n) is 6.27. The van der Waals surface area contributed by atoms with Crippen LogP contribution in [0.4, 0.5) is 5.95 Å². The van der Waals surface area contributed by atoms with E-state index in [1.807, 2.05) is 49.4 Å². The van der Waals surface area contributed by atoms with Crippen LogP contribution in [0.5, 0.6) is 5.75 Å². The van der Waals surface area contributed by atoms with Crippen molar-refractivity contribution in [3.63, 3.8) is 0 Å². The topological polar surface area (TPSA) is 77.7 Å². The zero-order valence-electron chi connectivity index (χ0n) is 16.3. The van der Waals surface area contributed by atoms with Gasteiger partial charge in [-0.25, -0.2) is 10.4 Å². The van der Waals surface area contributed by atoms with Gasteiger partial charge in [0.1, 0.15) is 5.75 Å². The molecule has 0 radical (unpaired) electrons. The normalized spacial score (nSPS) is 11.6. The zero-order valence-corrected chi connectivity index (χ0v) is 16.3. The van der Waals surface area contributed by atoms with E-state index in [-0.39, 0.29) is 5.56 Å². The molecule has 7 heteroatoms. The molecule has 0 saturated heterocycles. The number of methoxy groups -OCH3 is 2. The van der Waals surface area contributed by atoms with Crippen LogP contribution in [-0.2, 0) is 11.3 Å². The van der Waals surface area contributed by atoms with Gasteiger partial charge in [0.15, 0.2) is 0 Å². The van der Waals surface area contributed by atoms with E-state index in [9.17, 15) is 4.79 Å². The summed E-state index contributed by atoms with van der Waals surface area (Å²) in [5.41, 5.74) is 5.08. The minimum atomic E-state index is -0.102. The highest BCUT2D eigenvalue weighted by atomic mass is 16.5. The minimum Gasteiger partial charge on any atom is -0.496 e. The lowest BCUT2D eigenvalue weighted by molar-refractivity contribution is 0.190. The number of aromatic nitrogens is 2. The fourth-order valence-corrected chi connectivity index (χ4v) is 2.97. The summed E-state index contributed by atoms with van der Waals surface area (Å²) in [5, 5.41) is 5.02. The van der Waals surface area contributed by atoms with Gasteiger partial charge in [0.25, 0.3) is 5.56 Å². The third kappa shape index (κ3) is 4.20. The standard InChI is InChI=1S/C21H24N4O3/c1-15(16-9-5-7-12-19(16)28-3)23-24-21-22-18-11-6-4-10-17(18)20(26)25(21)13-8-14-27-2/h4-7,9-12H,8,13-14H2,1-3H3,(H,22,24)/b23-15-. The van der Waals surface area contributed by atoms with Crippen molar-refractivity contribution in [3.05, 3.63) is 64.4 Å². The number of hydrogen-bond donors (Lipinski definition) is 1. The molecule has 2 aromatic carbocycles. The van der Waals surface area contributed by atoms with Crippen LogP contribution in [0, 0.1) is 0 Å². The Morgan fingerprint density at radius 1 is 1.14 bits per heavy atom. The maximum atomic E-state index is 12.9. The lowest BCUT2D eigenvalue weighted by Gasteiger charge is -2.13. The van der Waals surface area contributed by atoms with Crippen molar-refractivity contribution in [2.45, 2.75) is 19.9 Å². The summed E-state index contributed by atoms with van der Waals surface area (Å²) in [6, 6.07) is 14.9. The predicted molar refractivity (Wildman–Crippen MR) is 111 cm³/mol. The van der Waals surface area contributed by atoms with Gasteiger partial charge in [-0.1, -0.05) is 24.3 Å². The number of fused-ring (bicyclic) bond motifs is 1. The number of para-hydroxylation sites is 2. The number of anilines is 1. The van der Waals surface area contributed by atoms with Crippen LogP contribution in [0.3, 0.4) is 0 Å². The highest BCUT2D eigenvalue weighted by Crippen LogP contribution is 2.18. The third-order valence-corrected chi connectivity index (χ3v) is 4.41. The molecule has 146 valence electrons. The molecule has 0 aliphatic heterocycles. The molecule has 0 saturated carbocycles. The molecule has 0 amide bonds. The second kappa shape index (κ2) is 9.14. The molecular weight excluding hydrogens is 356 g/mol. The highest BCUT2D eigenvalue weighted by molar-refractivity contribution is 6.01. The number of hydrogen-bond acceptors (Lipinski definition) is 6. The lowest BCUT2D eigenvalue weighted by atomic mass is 10.1. The first kappa shape index (κ1) is 19.6. The summed E-state index contributed by atoms with van der Waals surface area (Å²) < 4.78 is 12.1. The maximum Gasteiger partial charge on any atom is 0.262 e. The second-order valence-corrected chi connectivity index (χ2v) is 6.27. The maximum absolute atomic E-state index is 12.9. The number of rotatable bonds is 8. The summed E-state index contributed by atoms with van der Waals surface area (Å²) in [6.07, 6.45) is 0.695. The van der Waals surface area contributed by atoms with Gasteiger partial charge >= 0.3 is 0 Å². The molecule has 0 atom stereocenters. The number of hydrazone groups is 1. The van der Waals surface area contributed by atoms with Gasteiger partial charge in [0, 0.05) is 25.8 Å². The average Bonchev–Trinajstić information content (AvgIpc) is 2.73. The summed E-state index contributed by atoms with van der Waals surface area (Å²) in [5.74, 6) is 1.13. The fraction of sp³-hybridized carbons (Fsp3) is 0.286. The molecule has 0 fully saturated rings. The van der Waals surface area contributed by atoms with Crippen molar-refractivity contribution in [1.82, 2.24) is 9.55 Å². The van der Waals surface area contributed by atoms with Crippen LogP contribution in [0.1, 0.15) is 18.9 Å². The van der Waals surface area contributed by atoms with Crippen molar-refractivity contribution < 1.29 is 9.47 Å². The van der Waals surface area contributed by atoms with Gasteiger partial charge in [0.05, 0.1) is 23.7 Å². The Morgan fingerprint density at radius 3 is 2.68 bits per heavy atom. The molecule has 28 heavy (non-hydrogen) atoms. The Balaban J connectivity index is 1.98. The molecule has 3 rings (SSSR count). The van der Waals surface area contributed by atoms with E-state index in [0.29, 0.717) is 36.4 Å². The SMILES string of the molecule is COCCCn1c(N/N=C(/C)c2ccccc2OC)nc2ccccc2c1=O. The number of ether oxygens (including phenoxy) is 2. The summed E-state index contributed by atoms with van der Waals surface area (Å²) in [6.45, 7) is 2.91. The molecule has 1 aromatic heterocycles. The lowest BCUT2D eigenvalue weighted by Crippen LogP contribution is -2.25. The number of benzene rings is 2. The van der Waals surface area contributed by atoms with Crippen LogP contribution in [-0.4, -0.2) is 36.1 Å². The molecule has 0 aliphatic rings. The fourth-order valence-electron chi connectivity index (χ4n) is 2.97. The van der Waals surface area contributed by atoms with Crippen molar-refractivity contribution in [2.75, 3.05) is 26.3 Å². The monoisotopic (exact) mass is 380 g/mol. The van der Waals surface area contributed by atoms with Gasteiger partial charge in [-0.3, -0.25) is 9.36 Å². The molecule has 0 bridgehead atoms. The Morgan fingerprint density at radius 2 is 1.89 bits per heavy atom. The van der Waals surface area contributed by atoms with Gasteiger partial charge in [-0.2, -0.15) is 5.10 Å². The van der Waals surface area contributed by atoms with Gasteiger partial charge in [-0.05, 0) is 37.6 Å². The molecule has 7 nitrogen and oxygen atoms in total. The van der Waals surface area contributed by atoms with Crippen LogP contribution >= 0.6 is 0 Å². The van der Waals surface area contributed by atoms with Crippen LogP contribution in [0.25, 0.3) is 10.9 Å². The van der Waals surface area contributed by atoms with E-state index in [2.05, 4.69) is 15.5 Å². The molecule has 0 aliphatic carbocycles. The molecular formula is C21H24N4O3. The summed E-state index contributed by atoms with van der Waals surface area (Å²) >= 11 is 0. The van der Waals surface area contributed by atoms with Crippen molar-refractivity contribution in [1.29, 1.82) is 0 Å². The molecule has 0 unspecified atom stereocenters. The molecule has 3 aromatic rings. The van der Waals surface area contributed by atoms with Gasteiger partial charge in [-0.15, -0.1) is 0 Å². The van der Waals surface area contributed by atoms with Crippen molar-refractivity contribution >= 4 is 22.6 Å². The highest BCUT2D eigenvalue weighted by Gasteiger charge is 2.11. The smallest absolute Gasteiger partial charge is 0.262 e. The van der Waals surface area contributed by atoms with E-state index in [4.69, 9.17) is 9.47 Å². The van der Waals surface area contributed by atoms with Gasteiger partial charge in [0.2, 0.25) is 5.95 Å². The quantitative estimate of drug-likeness (QED) is 0.369. The van der Waals surface area contributed by atoms with E-state index in [1.54, 1.807) is 24.9 Å². The van der Waals surface area contributed by atoms with Crippen molar-refractivity contribution in [3.8, 4) is 5.75 Å². The zero-order chi connectivity index (χ0) is 19.9. The molecule has 1 heterocycles. The Kier molecular flexibility index (Phi) is 6.39. The third-order valence-electron chi connectivity index (χ3n) is 4.41. The van der Waals surface area contributed by atoms with E-state index in [0.717, 1.165) is 17.0 Å². The Hall–Kier alpha value is -3.19. The van der Waals surface area contributed by atoms with E-state index >= 15 is 0 Å². The Bertz CT molecular complexity index is 1040. The molecule has 0 spiro atoms. The van der Waals surface area contributed by atoms with Crippen LogP contribution in [0.2, 0.25) is 0 Å². The summed E-state index contributed by atoms with van der Waals surface area (Å²) in [7, 11) is 3.26. The first-order valence-electron chi connectivity index (χ1n) is 9.08. The van der Waals surface area contributed by atoms with Gasteiger partial charge < -0.3 is 9.47 Å². The average molecular weight is 380 g/mol. The predicted octanol–water partition coefficient (Wildman–Crippen LogP) is 3.28. The largest absolute Gasteiger partial charge is 0.496 e.